The fourth-order valence-corrected chi connectivity index (χ4v) is 6.27. The quantitative estimate of drug-likeness (QED) is 0.389. The van der Waals surface area contributed by atoms with Crippen LogP contribution in [0, 0.1) is 5.92 Å². The van der Waals surface area contributed by atoms with Gasteiger partial charge in [-0.3, -0.25) is 4.79 Å². The lowest BCUT2D eigenvalue weighted by Gasteiger charge is -2.52. The standard InChI is InChI=1S/C29H37N3O4/c33-27(25-13-7-8-16-30-25)31-17-20-32-18-14-22(15-19-32)26(21-32)36-28(34)29(35,23-9-3-1-4-10-23)24-11-5-2-6-12-24/h1-6,9-12,22,25-26,30,35H,7-8,13-21H2/p+1/t22?,25-,26+,32?/m1/s1. The van der Waals surface area contributed by atoms with E-state index in [9.17, 15) is 14.7 Å². The van der Waals surface area contributed by atoms with Crippen molar-refractivity contribution < 1.29 is 23.9 Å². The molecule has 36 heavy (non-hydrogen) atoms. The highest BCUT2D eigenvalue weighted by Gasteiger charge is 2.50. The van der Waals surface area contributed by atoms with Gasteiger partial charge in [-0.2, -0.15) is 0 Å². The molecule has 7 nitrogen and oxygen atoms in total. The minimum absolute atomic E-state index is 0.0757. The molecule has 0 unspecified atom stereocenters. The molecule has 7 heteroatoms. The van der Waals surface area contributed by atoms with Crippen LogP contribution < -0.4 is 10.6 Å². The fourth-order valence-electron chi connectivity index (χ4n) is 6.27. The van der Waals surface area contributed by atoms with Crippen LogP contribution in [-0.2, 0) is 19.9 Å². The summed E-state index contributed by atoms with van der Waals surface area (Å²) >= 11 is 0. The number of esters is 1. The van der Waals surface area contributed by atoms with Crippen molar-refractivity contribution in [3.8, 4) is 0 Å². The number of carbonyl (C=O) groups is 2. The van der Waals surface area contributed by atoms with Gasteiger partial charge in [-0.05, 0) is 30.5 Å². The number of hydrogen-bond donors (Lipinski definition) is 3. The summed E-state index contributed by atoms with van der Waals surface area (Å²) in [4.78, 5) is 26.2. The number of amides is 1. The molecule has 0 radical (unpaired) electrons. The highest BCUT2D eigenvalue weighted by Crippen LogP contribution is 2.38. The highest BCUT2D eigenvalue weighted by molar-refractivity contribution is 5.85. The van der Waals surface area contributed by atoms with Crippen molar-refractivity contribution in [2.75, 3.05) is 39.3 Å². The van der Waals surface area contributed by atoms with Crippen molar-refractivity contribution in [2.24, 2.45) is 5.92 Å². The molecule has 0 aromatic heterocycles. The van der Waals surface area contributed by atoms with Crippen LogP contribution in [0.3, 0.4) is 0 Å². The van der Waals surface area contributed by atoms with E-state index in [1.807, 2.05) is 36.4 Å². The lowest BCUT2D eigenvalue weighted by molar-refractivity contribution is -0.945. The highest BCUT2D eigenvalue weighted by atomic mass is 16.6. The van der Waals surface area contributed by atoms with E-state index >= 15 is 0 Å². The summed E-state index contributed by atoms with van der Waals surface area (Å²) in [6, 6.07) is 18.0. The third kappa shape index (κ3) is 5.05. The Balaban J connectivity index is 1.26. The number of nitrogens with one attached hydrogen (secondary N) is 2. The number of nitrogens with zero attached hydrogens (tertiary/aromatic N) is 1. The first-order valence-corrected chi connectivity index (χ1v) is 13.4. The Hall–Kier alpha value is -2.74. The molecule has 2 aromatic carbocycles. The molecular formula is C29H38N3O4+. The van der Waals surface area contributed by atoms with Crippen LogP contribution in [0.1, 0.15) is 43.2 Å². The van der Waals surface area contributed by atoms with Gasteiger partial charge in [0.2, 0.25) is 11.5 Å². The van der Waals surface area contributed by atoms with Gasteiger partial charge < -0.3 is 25.0 Å². The van der Waals surface area contributed by atoms with E-state index in [2.05, 4.69) is 10.6 Å². The van der Waals surface area contributed by atoms with E-state index in [0.717, 1.165) is 69.3 Å². The molecule has 1 amide bonds. The summed E-state index contributed by atoms with van der Waals surface area (Å²) in [7, 11) is 0. The second-order valence-electron chi connectivity index (χ2n) is 10.7. The van der Waals surface area contributed by atoms with Crippen LogP contribution in [-0.4, -0.2) is 72.9 Å². The number of aliphatic hydroxyl groups is 1. The van der Waals surface area contributed by atoms with Crippen molar-refractivity contribution in [3.63, 3.8) is 0 Å². The van der Waals surface area contributed by atoms with E-state index in [-0.39, 0.29) is 18.1 Å². The van der Waals surface area contributed by atoms with E-state index in [0.29, 0.717) is 23.6 Å². The summed E-state index contributed by atoms with van der Waals surface area (Å²) < 4.78 is 6.99. The number of hydrogen-bond acceptors (Lipinski definition) is 5. The number of rotatable bonds is 8. The summed E-state index contributed by atoms with van der Waals surface area (Å²) in [5, 5.41) is 18.2. The predicted molar refractivity (Wildman–Crippen MR) is 137 cm³/mol. The summed E-state index contributed by atoms with van der Waals surface area (Å²) in [5.74, 6) is -0.210. The second kappa shape index (κ2) is 10.7. The number of fused-ring (bicyclic) bond motifs is 3. The second-order valence-corrected chi connectivity index (χ2v) is 10.7. The Morgan fingerprint density at radius 1 is 0.972 bits per heavy atom. The van der Waals surface area contributed by atoms with E-state index in [4.69, 9.17) is 4.74 Å². The molecule has 0 aliphatic carbocycles. The average Bonchev–Trinajstić information content (AvgIpc) is 2.94. The van der Waals surface area contributed by atoms with Gasteiger partial charge in [-0.1, -0.05) is 67.1 Å². The van der Waals surface area contributed by atoms with Crippen molar-refractivity contribution in [1.29, 1.82) is 0 Å². The Bertz CT molecular complexity index is 991. The summed E-state index contributed by atoms with van der Waals surface area (Å²) in [5.41, 5.74) is -0.851. The fraction of sp³-hybridized carbons (Fsp3) is 0.517. The zero-order valence-corrected chi connectivity index (χ0v) is 20.9. The monoisotopic (exact) mass is 492 g/mol. The molecule has 2 aromatic rings. The molecular weight excluding hydrogens is 454 g/mol. The first-order valence-electron chi connectivity index (χ1n) is 13.4. The lowest BCUT2D eigenvalue weighted by Crippen LogP contribution is -2.66. The van der Waals surface area contributed by atoms with E-state index in [1.165, 1.54) is 0 Å². The van der Waals surface area contributed by atoms with Crippen LogP contribution in [0.2, 0.25) is 0 Å². The van der Waals surface area contributed by atoms with Crippen LogP contribution in [0.4, 0.5) is 0 Å². The molecule has 4 aliphatic heterocycles. The summed E-state index contributed by atoms with van der Waals surface area (Å²) in [6.07, 6.45) is 4.87. The average molecular weight is 493 g/mol. The number of ether oxygens (including phenoxy) is 1. The zero-order chi connectivity index (χ0) is 25.0. The maximum Gasteiger partial charge on any atom is 0.348 e. The van der Waals surface area contributed by atoms with Crippen LogP contribution >= 0.6 is 0 Å². The third-order valence-corrected chi connectivity index (χ3v) is 8.49. The van der Waals surface area contributed by atoms with Crippen molar-refractivity contribution in [2.45, 2.75) is 49.9 Å². The van der Waals surface area contributed by atoms with Crippen LogP contribution in [0.25, 0.3) is 0 Å². The predicted octanol–water partition coefficient (Wildman–Crippen LogP) is 2.33. The van der Waals surface area contributed by atoms with Gasteiger partial charge >= 0.3 is 5.97 Å². The number of carbonyl (C=O) groups excluding carboxylic acids is 2. The normalized spacial score (nSPS) is 27.9. The maximum atomic E-state index is 13.7. The molecule has 3 N–H and O–H groups in total. The number of quaternary nitrogens is 1. The first kappa shape index (κ1) is 24.9. The Morgan fingerprint density at radius 3 is 2.19 bits per heavy atom. The molecule has 4 fully saturated rings. The Labute approximate surface area is 213 Å². The van der Waals surface area contributed by atoms with Gasteiger partial charge in [-0.15, -0.1) is 0 Å². The minimum atomic E-state index is -1.86. The van der Waals surface area contributed by atoms with Crippen molar-refractivity contribution in [3.05, 3.63) is 71.8 Å². The van der Waals surface area contributed by atoms with Gasteiger partial charge in [0.05, 0.1) is 32.2 Å². The minimum Gasteiger partial charge on any atom is -0.453 e. The topological polar surface area (TPSA) is 87.7 Å². The largest absolute Gasteiger partial charge is 0.453 e. The van der Waals surface area contributed by atoms with Gasteiger partial charge in [0, 0.05) is 18.8 Å². The lowest BCUT2D eigenvalue weighted by atomic mass is 9.82. The molecule has 2 atom stereocenters. The molecule has 0 spiro atoms. The molecule has 192 valence electrons. The first-order chi connectivity index (χ1) is 17.5. The van der Waals surface area contributed by atoms with Crippen LogP contribution in [0.15, 0.2) is 60.7 Å². The van der Waals surface area contributed by atoms with Crippen molar-refractivity contribution >= 4 is 11.9 Å². The van der Waals surface area contributed by atoms with Crippen molar-refractivity contribution in [1.82, 2.24) is 10.6 Å². The Morgan fingerprint density at radius 2 is 1.61 bits per heavy atom. The van der Waals surface area contributed by atoms with Crippen LogP contribution in [0.5, 0.6) is 0 Å². The van der Waals surface area contributed by atoms with E-state index < -0.39 is 11.6 Å². The molecule has 0 saturated carbocycles. The zero-order valence-electron chi connectivity index (χ0n) is 20.9. The van der Waals surface area contributed by atoms with E-state index in [1.54, 1.807) is 24.3 Å². The SMILES string of the molecule is O=C(NCC[N+]12CCC(CC1)[C@@H](OC(=O)C(O)(c1ccccc1)c1ccccc1)C2)[C@H]1CCCCN1. The molecule has 4 saturated heterocycles. The molecule has 6 rings (SSSR count). The Kier molecular flexibility index (Phi) is 7.42. The number of piperidine rings is 4. The van der Waals surface area contributed by atoms with Gasteiger partial charge in [0.15, 0.2) is 6.10 Å². The van der Waals surface area contributed by atoms with Gasteiger partial charge in [0.25, 0.3) is 0 Å². The number of benzene rings is 2. The molecule has 4 heterocycles. The third-order valence-electron chi connectivity index (χ3n) is 8.49. The van der Waals surface area contributed by atoms with Gasteiger partial charge in [-0.25, -0.2) is 4.79 Å². The molecule has 4 aliphatic rings. The van der Waals surface area contributed by atoms with Gasteiger partial charge in [0.1, 0.15) is 6.54 Å². The molecule has 2 bridgehead atoms. The smallest absolute Gasteiger partial charge is 0.348 e. The summed E-state index contributed by atoms with van der Waals surface area (Å²) in [6.45, 7) is 5.18. The maximum absolute atomic E-state index is 13.7.